The van der Waals surface area contributed by atoms with Crippen molar-refractivity contribution in [2.45, 2.75) is 92.4 Å². The first-order valence-electron chi connectivity index (χ1n) is 18.3. The van der Waals surface area contributed by atoms with Crippen LogP contribution in [0.5, 0.6) is 0 Å². The molecule has 4 aromatic carbocycles. The van der Waals surface area contributed by atoms with Gasteiger partial charge in [-0.25, -0.2) is 0 Å². The first-order chi connectivity index (χ1) is 23.9. The summed E-state index contributed by atoms with van der Waals surface area (Å²) in [6.07, 6.45) is 4.53. The number of halogens is 2. The summed E-state index contributed by atoms with van der Waals surface area (Å²) in [6.45, 7) is 18.5. The quantitative estimate of drug-likeness (QED) is 0.192. The third-order valence-corrected chi connectivity index (χ3v) is 11.5. The second kappa shape index (κ2) is 17.6. The predicted octanol–water partition coefficient (Wildman–Crippen LogP) is 12.9. The number of likely N-dealkylation sites (tertiary alicyclic amines) is 2. The van der Waals surface area contributed by atoms with Crippen LogP contribution in [0.3, 0.4) is 0 Å². The second-order valence-electron chi connectivity index (χ2n) is 16.2. The molecule has 0 radical (unpaired) electrons. The Bertz CT molecular complexity index is 1640. The maximum atomic E-state index is 3.59. The normalized spacial score (nSPS) is 19.0. The minimum Gasteiger partial charge on any atom is -0.295 e. The van der Waals surface area contributed by atoms with Crippen molar-refractivity contribution in [2.75, 3.05) is 13.1 Å². The Hall–Kier alpha value is -2.76. The van der Waals surface area contributed by atoms with Crippen LogP contribution in [0.4, 0.5) is 0 Å². The summed E-state index contributed by atoms with van der Waals surface area (Å²) < 4.78 is 1.15. The summed E-state index contributed by atoms with van der Waals surface area (Å²) in [7, 11) is 0. The predicted molar refractivity (Wildman–Crippen MR) is 222 cm³/mol. The average Bonchev–Trinajstić information content (AvgIpc) is 3.10. The Morgan fingerprint density at radius 3 is 1.22 bits per heavy atom. The summed E-state index contributed by atoms with van der Waals surface area (Å²) in [5.74, 6) is 0. The lowest BCUT2D eigenvalue weighted by atomic mass is 9.76. The largest absolute Gasteiger partial charge is 0.295 e. The molecular formula is C46H56Br2N2. The van der Waals surface area contributed by atoms with Crippen molar-refractivity contribution in [3.63, 3.8) is 0 Å². The van der Waals surface area contributed by atoms with Crippen molar-refractivity contribution < 1.29 is 0 Å². The molecule has 2 aliphatic heterocycles. The SMILES string of the molecule is CC(C)(C)C1CC(=C(Br)Br)CCN1Cc1ccccc1.CC(C)(C)C1CC(=C(c2ccccc2)c2ccccc2)CCN1Cc1ccccc1. The molecule has 0 bridgehead atoms. The van der Waals surface area contributed by atoms with Crippen molar-refractivity contribution in [3.8, 4) is 0 Å². The first kappa shape index (κ1) is 38.5. The molecule has 0 saturated carbocycles. The van der Waals surface area contributed by atoms with E-state index in [-0.39, 0.29) is 10.8 Å². The highest BCUT2D eigenvalue weighted by Crippen LogP contribution is 2.41. The topological polar surface area (TPSA) is 6.48 Å². The Morgan fingerprint density at radius 1 is 0.520 bits per heavy atom. The van der Waals surface area contributed by atoms with E-state index < -0.39 is 0 Å². The van der Waals surface area contributed by atoms with Gasteiger partial charge in [-0.05, 0) is 102 Å². The van der Waals surface area contributed by atoms with Gasteiger partial charge in [0.05, 0.1) is 3.39 Å². The number of hydrogen-bond acceptors (Lipinski definition) is 2. The van der Waals surface area contributed by atoms with Crippen LogP contribution < -0.4 is 0 Å². The van der Waals surface area contributed by atoms with E-state index in [1.807, 2.05) is 0 Å². The summed E-state index contributed by atoms with van der Waals surface area (Å²) >= 11 is 7.19. The van der Waals surface area contributed by atoms with E-state index in [9.17, 15) is 0 Å². The fraction of sp³-hybridized carbons (Fsp3) is 0.391. The molecule has 0 aromatic heterocycles. The molecule has 0 N–H and O–H groups in total. The number of hydrogen-bond donors (Lipinski definition) is 0. The summed E-state index contributed by atoms with van der Waals surface area (Å²) in [4.78, 5) is 5.34. The van der Waals surface area contributed by atoms with Crippen LogP contribution in [0.15, 0.2) is 136 Å². The fourth-order valence-corrected chi connectivity index (χ4v) is 8.42. The summed E-state index contributed by atoms with van der Waals surface area (Å²) in [6, 6.07) is 44.7. The van der Waals surface area contributed by atoms with Crippen molar-refractivity contribution in [1.82, 2.24) is 9.80 Å². The van der Waals surface area contributed by atoms with Gasteiger partial charge in [0.1, 0.15) is 0 Å². The number of rotatable bonds is 6. The molecule has 2 saturated heterocycles. The molecule has 0 spiro atoms. The molecule has 2 fully saturated rings. The highest BCUT2D eigenvalue weighted by molar-refractivity contribution is 9.28. The average molecular weight is 797 g/mol. The number of nitrogens with zero attached hydrogens (tertiary/aromatic N) is 2. The van der Waals surface area contributed by atoms with E-state index in [2.05, 4.69) is 205 Å². The van der Waals surface area contributed by atoms with Gasteiger partial charge in [0, 0.05) is 38.3 Å². The molecule has 2 unspecified atom stereocenters. The zero-order chi connectivity index (χ0) is 35.7. The number of benzene rings is 4. The van der Waals surface area contributed by atoms with Gasteiger partial charge < -0.3 is 0 Å². The highest BCUT2D eigenvalue weighted by atomic mass is 79.9. The zero-order valence-corrected chi connectivity index (χ0v) is 34.2. The molecular weight excluding hydrogens is 740 g/mol. The molecule has 2 nitrogen and oxygen atoms in total. The van der Waals surface area contributed by atoms with Crippen molar-refractivity contribution in [2.24, 2.45) is 10.8 Å². The molecule has 2 atom stereocenters. The molecule has 50 heavy (non-hydrogen) atoms. The lowest BCUT2D eigenvalue weighted by Crippen LogP contribution is -2.47. The lowest BCUT2D eigenvalue weighted by molar-refractivity contribution is 0.0758. The first-order valence-corrected chi connectivity index (χ1v) is 19.9. The van der Waals surface area contributed by atoms with E-state index in [0.29, 0.717) is 12.1 Å². The lowest BCUT2D eigenvalue weighted by Gasteiger charge is -2.45. The van der Waals surface area contributed by atoms with E-state index in [0.717, 1.165) is 55.3 Å². The maximum absolute atomic E-state index is 3.59. The summed E-state index contributed by atoms with van der Waals surface area (Å²) in [5.41, 5.74) is 10.5. The van der Waals surface area contributed by atoms with Gasteiger partial charge in [0.15, 0.2) is 0 Å². The van der Waals surface area contributed by atoms with E-state index >= 15 is 0 Å². The van der Waals surface area contributed by atoms with Gasteiger partial charge in [-0.1, -0.05) is 168 Å². The summed E-state index contributed by atoms with van der Waals surface area (Å²) in [5, 5.41) is 0. The van der Waals surface area contributed by atoms with E-state index in [1.165, 1.54) is 33.4 Å². The molecule has 264 valence electrons. The van der Waals surface area contributed by atoms with Crippen LogP contribution in [0.2, 0.25) is 0 Å². The Morgan fingerprint density at radius 2 is 0.860 bits per heavy atom. The minimum atomic E-state index is 0.221. The standard InChI is InChI=1S/C29H33N.C17H23Br2N/c1-29(2,3)27-21-26(19-20-30(27)22-23-13-7-4-8-14-23)28(24-15-9-5-10-16-24)25-17-11-6-12-18-25;1-17(2,3)15-11-14(16(18)19)9-10-20(15)12-13-7-5-4-6-8-13/h4-18,27H,19-22H2,1-3H3;4-8,15H,9-12H2,1-3H3. The molecule has 2 heterocycles. The van der Waals surface area contributed by atoms with Crippen molar-refractivity contribution in [1.29, 1.82) is 0 Å². The van der Waals surface area contributed by atoms with Crippen LogP contribution in [-0.2, 0) is 13.1 Å². The molecule has 4 heteroatoms. The van der Waals surface area contributed by atoms with Gasteiger partial charge in [-0.15, -0.1) is 0 Å². The zero-order valence-electron chi connectivity index (χ0n) is 31.0. The van der Waals surface area contributed by atoms with Gasteiger partial charge in [0.2, 0.25) is 0 Å². The third-order valence-electron chi connectivity index (χ3n) is 10.4. The molecule has 2 aliphatic rings. The smallest absolute Gasteiger partial charge is 0.0597 e. The van der Waals surface area contributed by atoms with Gasteiger partial charge >= 0.3 is 0 Å². The monoisotopic (exact) mass is 794 g/mol. The van der Waals surface area contributed by atoms with Crippen LogP contribution >= 0.6 is 31.9 Å². The molecule has 0 amide bonds. The Balaban J connectivity index is 0.000000211. The Kier molecular flexibility index (Phi) is 13.6. The minimum absolute atomic E-state index is 0.221. The van der Waals surface area contributed by atoms with Gasteiger partial charge in [0.25, 0.3) is 0 Å². The Labute approximate surface area is 320 Å². The van der Waals surface area contributed by atoms with Crippen LogP contribution in [0.1, 0.15) is 89.5 Å². The van der Waals surface area contributed by atoms with E-state index in [4.69, 9.17) is 0 Å². The van der Waals surface area contributed by atoms with Crippen LogP contribution in [-0.4, -0.2) is 35.0 Å². The van der Waals surface area contributed by atoms with E-state index in [1.54, 1.807) is 5.57 Å². The van der Waals surface area contributed by atoms with Crippen LogP contribution in [0, 0.1) is 10.8 Å². The molecule has 0 aliphatic carbocycles. The maximum Gasteiger partial charge on any atom is 0.0597 e. The number of piperidine rings is 2. The highest BCUT2D eigenvalue weighted by Gasteiger charge is 2.36. The van der Waals surface area contributed by atoms with Gasteiger partial charge in [-0.3, -0.25) is 9.80 Å². The molecule has 6 rings (SSSR count). The van der Waals surface area contributed by atoms with Crippen LogP contribution in [0.25, 0.3) is 5.57 Å². The molecule has 4 aromatic rings. The fourth-order valence-electron chi connectivity index (χ4n) is 7.70. The second-order valence-corrected chi connectivity index (χ2v) is 18.8. The van der Waals surface area contributed by atoms with Crippen molar-refractivity contribution in [3.05, 3.63) is 158 Å². The van der Waals surface area contributed by atoms with Gasteiger partial charge in [-0.2, -0.15) is 0 Å². The third kappa shape index (κ3) is 10.6. The van der Waals surface area contributed by atoms with Crippen molar-refractivity contribution >= 4 is 37.4 Å².